The Morgan fingerprint density at radius 3 is 2.50 bits per heavy atom. The smallest absolute Gasteiger partial charge is 0.236 e. The molecule has 4 nitrogen and oxygen atoms in total. The Hall–Kier alpha value is -1.69. The zero-order valence-electron chi connectivity index (χ0n) is 11.1. The Balaban J connectivity index is 2.30. The van der Waals surface area contributed by atoms with Crippen LogP contribution in [0.3, 0.4) is 0 Å². The zero-order valence-corrected chi connectivity index (χ0v) is 12.0. The number of hydrogen-bond acceptors (Lipinski definition) is 3. The highest BCUT2D eigenvalue weighted by atomic mass is 32.1. The molecule has 1 aromatic rings. The summed E-state index contributed by atoms with van der Waals surface area (Å²) in [7, 11) is 0. The summed E-state index contributed by atoms with van der Waals surface area (Å²) in [6, 6.07) is 4.89. The van der Waals surface area contributed by atoms with E-state index in [1.165, 1.54) is 6.07 Å². The molecule has 0 unspecified atom stereocenters. The molecule has 1 aliphatic rings. The van der Waals surface area contributed by atoms with Crippen molar-refractivity contribution in [1.82, 2.24) is 0 Å². The SMILES string of the molecule is NC(=O)CN(c1ccc(C(N)=S)c(F)c1)C1CCCC1. The average molecular weight is 295 g/mol. The van der Waals surface area contributed by atoms with Gasteiger partial charge < -0.3 is 16.4 Å². The molecule has 1 fully saturated rings. The minimum absolute atomic E-state index is 0.0244. The minimum atomic E-state index is -0.470. The summed E-state index contributed by atoms with van der Waals surface area (Å²) in [5.41, 5.74) is 11.6. The van der Waals surface area contributed by atoms with Gasteiger partial charge in [0.2, 0.25) is 5.91 Å². The number of benzene rings is 1. The second-order valence-electron chi connectivity index (χ2n) is 5.06. The van der Waals surface area contributed by atoms with Crippen molar-refractivity contribution in [2.24, 2.45) is 11.5 Å². The molecule has 1 saturated carbocycles. The number of nitrogens with two attached hydrogens (primary N) is 2. The summed E-state index contributed by atoms with van der Waals surface area (Å²) >= 11 is 4.79. The molecule has 0 spiro atoms. The topological polar surface area (TPSA) is 72.4 Å². The van der Waals surface area contributed by atoms with Crippen LogP contribution in [0.4, 0.5) is 10.1 Å². The Morgan fingerprint density at radius 2 is 2.00 bits per heavy atom. The molecule has 0 atom stereocenters. The lowest BCUT2D eigenvalue weighted by Crippen LogP contribution is -2.40. The van der Waals surface area contributed by atoms with E-state index in [4.69, 9.17) is 23.7 Å². The molecule has 2 rings (SSSR count). The number of rotatable bonds is 5. The summed E-state index contributed by atoms with van der Waals surface area (Å²) < 4.78 is 14.0. The van der Waals surface area contributed by atoms with Gasteiger partial charge in [-0.25, -0.2) is 4.39 Å². The number of primary amides is 1. The summed E-state index contributed by atoms with van der Waals surface area (Å²) in [6.07, 6.45) is 4.22. The maximum Gasteiger partial charge on any atom is 0.236 e. The fraction of sp³-hybridized carbons (Fsp3) is 0.429. The van der Waals surface area contributed by atoms with Crippen LogP contribution in [0.15, 0.2) is 18.2 Å². The third-order valence-corrected chi connectivity index (χ3v) is 3.86. The summed E-state index contributed by atoms with van der Waals surface area (Å²) in [5.74, 6) is -0.891. The van der Waals surface area contributed by atoms with Crippen LogP contribution >= 0.6 is 12.2 Å². The van der Waals surface area contributed by atoms with Gasteiger partial charge in [-0.05, 0) is 31.0 Å². The average Bonchev–Trinajstić information content (AvgIpc) is 2.88. The summed E-state index contributed by atoms with van der Waals surface area (Å²) in [4.78, 5) is 13.1. The molecule has 6 heteroatoms. The normalized spacial score (nSPS) is 15.2. The van der Waals surface area contributed by atoms with E-state index in [-0.39, 0.29) is 23.1 Å². The van der Waals surface area contributed by atoms with Crippen molar-refractivity contribution in [2.45, 2.75) is 31.7 Å². The molecule has 20 heavy (non-hydrogen) atoms. The van der Waals surface area contributed by atoms with Gasteiger partial charge in [0.05, 0.1) is 6.54 Å². The van der Waals surface area contributed by atoms with E-state index in [0.29, 0.717) is 5.69 Å². The van der Waals surface area contributed by atoms with Crippen LogP contribution in [0, 0.1) is 5.82 Å². The summed E-state index contributed by atoms with van der Waals surface area (Å²) in [5, 5.41) is 0. The van der Waals surface area contributed by atoms with Gasteiger partial charge in [-0.3, -0.25) is 4.79 Å². The van der Waals surface area contributed by atoms with Crippen molar-refractivity contribution >= 4 is 28.8 Å². The van der Waals surface area contributed by atoms with Gasteiger partial charge in [0.1, 0.15) is 10.8 Å². The van der Waals surface area contributed by atoms with Crippen molar-refractivity contribution in [2.75, 3.05) is 11.4 Å². The lowest BCUT2D eigenvalue weighted by atomic mass is 10.1. The van der Waals surface area contributed by atoms with Gasteiger partial charge in [0.25, 0.3) is 0 Å². The van der Waals surface area contributed by atoms with Gasteiger partial charge in [-0.1, -0.05) is 25.1 Å². The van der Waals surface area contributed by atoms with E-state index in [1.54, 1.807) is 12.1 Å². The number of anilines is 1. The van der Waals surface area contributed by atoms with Crippen LogP contribution in [0.5, 0.6) is 0 Å². The fourth-order valence-electron chi connectivity index (χ4n) is 2.70. The predicted molar refractivity (Wildman–Crippen MR) is 81.1 cm³/mol. The van der Waals surface area contributed by atoms with E-state index in [0.717, 1.165) is 25.7 Å². The number of carbonyl (C=O) groups excluding carboxylic acids is 1. The van der Waals surface area contributed by atoms with Gasteiger partial charge >= 0.3 is 0 Å². The zero-order chi connectivity index (χ0) is 14.7. The third kappa shape index (κ3) is 3.25. The van der Waals surface area contributed by atoms with Crippen molar-refractivity contribution in [3.8, 4) is 0 Å². The van der Waals surface area contributed by atoms with E-state index in [9.17, 15) is 9.18 Å². The quantitative estimate of drug-likeness (QED) is 0.811. The number of carbonyl (C=O) groups is 1. The van der Waals surface area contributed by atoms with Crippen molar-refractivity contribution < 1.29 is 9.18 Å². The first-order chi connectivity index (χ1) is 9.49. The number of thiocarbonyl (C=S) groups is 1. The Labute approximate surface area is 122 Å². The first-order valence-electron chi connectivity index (χ1n) is 6.63. The van der Waals surface area contributed by atoms with Crippen molar-refractivity contribution in [3.63, 3.8) is 0 Å². The number of nitrogens with zero attached hydrogens (tertiary/aromatic N) is 1. The highest BCUT2D eigenvalue weighted by Crippen LogP contribution is 2.29. The molecular formula is C14H18FN3OS. The third-order valence-electron chi connectivity index (χ3n) is 3.64. The van der Waals surface area contributed by atoms with E-state index < -0.39 is 11.7 Å². The van der Waals surface area contributed by atoms with Crippen LogP contribution in [0.25, 0.3) is 0 Å². The van der Waals surface area contributed by atoms with Gasteiger partial charge in [-0.15, -0.1) is 0 Å². The lowest BCUT2D eigenvalue weighted by Gasteiger charge is -2.30. The Bertz CT molecular complexity index is 529. The molecule has 1 amide bonds. The second-order valence-corrected chi connectivity index (χ2v) is 5.50. The van der Waals surface area contributed by atoms with Crippen molar-refractivity contribution in [3.05, 3.63) is 29.6 Å². The number of amides is 1. The molecule has 108 valence electrons. The number of hydrogen-bond donors (Lipinski definition) is 2. The molecule has 0 heterocycles. The monoisotopic (exact) mass is 295 g/mol. The molecule has 0 aromatic heterocycles. The number of halogens is 1. The highest BCUT2D eigenvalue weighted by molar-refractivity contribution is 7.80. The minimum Gasteiger partial charge on any atom is -0.389 e. The molecule has 0 bridgehead atoms. The van der Waals surface area contributed by atoms with Crippen molar-refractivity contribution in [1.29, 1.82) is 0 Å². The molecular weight excluding hydrogens is 277 g/mol. The van der Waals surface area contributed by atoms with Crippen LogP contribution in [0.2, 0.25) is 0 Å². The fourth-order valence-corrected chi connectivity index (χ4v) is 2.86. The Kier molecular flexibility index (Phi) is 4.54. The van der Waals surface area contributed by atoms with Gasteiger partial charge in [0, 0.05) is 17.3 Å². The first-order valence-corrected chi connectivity index (χ1v) is 7.04. The van der Waals surface area contributed by atoms with Gasteiger partial charge in [0.15, 0.2) is 0 Å². The molecule has 1 aliphatic carbocycles. The molecule has 0 saturated heterocycles. The highest BCUT2D eigenvalue weighted by Gasteiger charge is 2.24. The first kappa shape index (κ1) is 14.7. The van der Waals surface area contributed by atoms with E-state index in [1.807, 2.05) is 4.90 Å². The standard InChI is InChI=1S/C14H18FN3OS/c15-12-7-10(5-6-11(12)14(17)20)18(8-13(16)19)9-3-1-2-4-9/h5-7,9H,1-4,8H2,(H2,16,19)(H2,17,20). The maximum absolute atomic E-state index is 14.0. The second kappa shape index (κ2) is 6.17. The predicted octanol–water partition coefficient (Wildman–Crippen LogP) is 1.69. The van der Waals surface area contributed by atoms with Crippen LogP contribution in [-0.2, 0) is 4.79 Å². The van der Waals surface area contributed by atoms with E-state index >= 15 is 0 Å². The van der Waals surface area contributed by atoms with Crippen LogP contribution in [0.1, 0.15) is 31.2 Å². The Morgan fingerprint density at radius 1 is 1.35 bits per heavy atom. The molecule has 1 aromatic carbocycles. The van der Waals surface area contributed by atoms with Crippen LogP contribution in [-0.4, -0.2) is 23.5 Å². The van der Waals surface area contributed by atoms with Gasteiger partial charge in [-0.2, -0.15) is 0 Å². The van der Waals surface area contributed by atoms with E-state index in [2.05, 4.69) is 0 Å². The molecule has 0 radical (unpaired) electrons. The molecule has 0 aliphatic heterocycles. The summed E-state index contributed by atoms with van der Waals surface area (Å²) in [6.45, 7) is 0.0938. The maximum atomic E-state index is 14.0. The largest absolute Gasteiger partial charge is 0.389 e. The lowest BCUT2D eigenvalue weighted by molar-refractivity contribution is -0.116. The van der Waals surface area contributed by atoms with Crippen LogP contribution < -0.4 is 16.4 Å². The molecule has 4 N–H and O–H groups in total.